The summed E-state index contributed by atoms with van der Waals surface area (Å²) in [5.41, 5.74) is 0.435. The Morgan fingerprint density at radius 2 is 2.11 bits per heavy atom. The van der Waals surface area contributed by atoms with Crippen LogP contribution in [0.1, 0.15) is 17.9 Å². The van der Waals surface area contributed by atoms with Crippen LogP contribution in [0.25, 0.3) is 0 Å². The Morgan fingerprint density at radius 1 is 1.37 bits per heavy atom. The molecule has 0 radical (unpaired) electrons. The molecular weight excluding hydrogens is 274 g/mol. The Bertz CT molecular complexity index is 456. The van der Waals surface area contributed by atoms with E-state index in [1.54, 1.807) is 7.05 Å². The summed E-state index contributed by atoms with van der Waals surface area (Å²) in [6.45, 7) is 1.26. The van der Waals surface area contributed by atoms with Crippen molar-refractivity contribution in [2.24, 2.45) is 5.92 Å². The maximum Gasteiger partial charge on any atom is 0.223 e. The first-order valence-electron chi connectivity index (χ1n) is 6.00. The number of halogens is 3. The molecule has 19 heavy (non-hydrogen) atoms. The average Bonchev–Trinajstić information content (AvgIpc) is 3.09. The van der Waals surface area contributed by atoms with Crippen LogP contribution < -0.4 is 10.6 Å². The zero-order chi connectivity index (χ0) is 13.1. The lowest BCUT2D eigenvalue weighted by atomic mass is 10.1. The molecule has 2 atom stereocenters. The molecule has 2 unspecified atom stereocenters. The largest absolute Gasteiger partial charge is 0.355 e. The number of amides is 1. The molecule has 3 nitrogen and oxygen atoms in total. The highest BCUT2D eigenvalue weighted by Gasteiger charge is 2.45. The van der Waals surface area contributed by atoms with Gasteiger partial charge in [-0.3, -0.25) is 4.79 Å². The Morgan fingerprint density at radius 3 is 2.74 bits per heavy atom. The minimum Gasteiger partial charge on any atom is -0.355 e. The molecule has 2 rings (SSSR count). The van der Waals surface area contributed by atoms with Crippen molar-refractivity contribution < 1.29 is 13.6 Å². The second-order valence-electron chi connectivity index (χ2n) is 4.51. The van der Waals surface area contributed by atoms with Gasteiger partial charge in [-0.05, 0) is 31.0 Å². The van der Waals surface area contributed by atoms with Gasteiger partial charge in [0, 0.05) is 25.1 Å². The van der Waals surface area contributed by atoms with Crippen molar-refractivity contribution >= 4 is 18.3 Å². The first kappa shape index (κ1) is 15.9. The van der Waals surface area contributed by atoms with Gasteiger partial charge in [0.05, 0.1) is 0 Å². The molecule has 106 valence electrons. The van der Waals surface area contributed by atoms with Gasteiger partial charge in [-0.1, -0.05) is 6.07 Å². The third kappa shape index (κ3) is 3.88. The number of carbonyl (C=O) groups excluding carboxylic acids is 1. The van der Waals surface area contributed by atoms with E-state index in [0.717, 1.165) is 6.07 Å². The van der Waals surface area contributed by atoms with Crippen LogP contribution in [0.15, 0.2) is 18.2 Å². The van der Waals surface area contributed by atoms with Crippen LogP contribution in [0.3, 0.4) is 0 Å². The quantitative estimate of drug-likeness (QED) is 0.812. The Hall–Kier alpha value is -1.20. The molecule has 1 fully saturated rings. The molecular formula is C13H17ClF2N2O. The maximum atomic E-state index is 13.5. The normalized spacial score (nSPS) is 20.6. The minimum atomic E-state index is -0.591. The summed E-state index contributed by atoms with van der Waals surface area (Å²) >= 11 is 0. The van der Waals surface area contributed by atoms with Gasteiger partial charge in [0.25, 0.3) is 0 Å². The molecule has 6 heteroatoms. The van der Waals surface area contributed by atoms with Crippen molar-refractivity contribution in [3.05, 3.63) is 35.4 Å². The molecule has 0 aromatic heterocycles. The number of likely N-dealkylation sites (N-methyl/N-ethyl adjacent to an activating group) is 1. The molecule has 1 aliphatic rings. The smallest absolute Gasteiger partial charge is 0.223 e. The number of rotatable bonds is 5. The van der Waals surface area contributed by atoms with E-state index in [4.69, 9.17) is 0 Å². The predicted molar refractivity (Wildman–Crippen MR) is 71.4 cm³/mol. The van der Waals surface area contributed by atoms with Crippen LogP contribution in [0.2, 0.25) is 0 Å². The highest BCUT2D eigenvalue weighted by molar-refractivity contribution is 5.85. The SMILES string of the molecule is CNCCNC(=O)C1CC1c1ccc(F)cc1F.Cl. The molecule has 1 aromatic carbocycles. The summed E-state index contributed by atoms with van der Waals surface area (Å²) in [5, 5.41) is 5.70. The van der Waals surface area contributed by atoms with Gasteiger partial charge in [-0.25, -0.2) is 8.78 Å². The summed E-state index contributed by atoms with van der Waals surface area (Å²) in [7, 11) is 1.81. The Balaban J connectivity index is 0.00000180. The molecule has 0 saturated heterocycles. The second-order valence-corrected chi connectivity index (χ2v) is 4.51. The lowest BCUT2D eigenvalue weighted by Gasteiger charge is -2.05. The van der Waals surface area contributed by atoms with Gasteiger partial charge in [-0.2, -0.15) is 0 Å². The maximum absolute atomic E-state index is 13.5. The number of hydrogen-bond donors (Lipinski definition) is 2. The van der Waals surface area contributed by atoms with Gasteiger partial charge in [0.2, 0.25) is 5.91 Å². The van der Waals surface area contributed by atoms with Gasteiger partial charge >= 0.3 is 0 Å². The molecule has 0 bridgehead atoms. The summed E-state index contributed by atoms with van der Waals surface area (Å²) in [5.74, 6) is -1.50. The van der Waals surface area contributed by atoms with E-state index in [-0.39, 0.29) is 30.2 Å². The summed E-state index contributed by atoms with van der Waals surface area (Å²) < 4.78 is 26.3. The average molecular weight is 291 g/mol. The van der Waals surface area contributed by atoms with Crippen molar-refractivity contribution in [1.82, 2.24) is 10.6 Å². The Labute approximate surface area is 117 Å². The van der Waals surface area contributed by atoms with Crippen LogP contribution in [-0.2, 0) is 4.79 Å². The van der Waals surface area contributed by atoms with Crippen molar-refractivity contribution in [1.29, 1.82) is 0 Å². The number of nitrogens with one attached hydrogen (secondary N) is 2. The van der Waals surface area contributed by atoms with Crippen LogP contribution in [0.5, 0.6) is 0 Å². The third-order valence-electron chi connectivity index (χ3n) is 3.16. The van der Waals surface area contributed by atoms with Gasteiger partial charge in [-0.15, -0.1) is 12.4 Å². The summed E-state index contributed by atoms with van der Waals surface area (Å²) in [6, 6.07) is 3.52. The summed E-state index contributed by atoms with van der Waals surface area (Å²) in [6.07, 6.45) is 0.633. The number of carbonyl (C=O) groups is 1. The number of benzene rings is 1. The molecule has 1 aromatic rings. The third-order valence-corrected chi connectivity index (χ3v) is 3.16. The van der Waals surface area contributed by atoms with E-state index in [1.165, 1.54) is 12.1 Å². The second kappa shape index (κ2) is 6.82. The summed E-state index contributed by atoms with van der Waals surface area (Å²) in [4.78, 5) is 11.7. The zero-order valence-electron chi connectivity index (χ0n) is 10.6. The standard InChI is InChI=1S/C13H16F2N2O.ClH/c1-16-4-5-17-13(18)11-7-10(11)9-3-2-8(14)6-12(9)15;/h2-3,6,10-11,16H,4-5,7H2,1H3,(H,17,18);1H. The molecule has 0 heterocycles. The first-order valence-corrected chi connectivity index (χ1v) is 6.00. The van der Waals surface area contributed by atoms with E-state index in [9.17, 15) is 13.6 Å². The Kier molecular flexibility index (Phi) is 5.69. The lowest BCUT2D eigenvalue weighted by molar-refractivity contribution is -0.122. The molecule has 0 aliphatic heterocycles. The van der Waals surface area contributed by atoms with Crippen molar-refractivity contribution in [2.45, 2.75) is 12.3 Å². The molecule has 0 spiro atoms. The van der Waals surface area contributed by atoms with Gasteiger partial charge < -0.3 is 10.6 Å². The van der Waals surface area contributed by atoms with Crippen LogP contribution in [-0.4, -0.2) is 26.0 Å². The van der Waals surface area contributed by atoms with E-state index >= 15 is 0 Å². The van der Waals surface area contributed by atoms with Crippen molar-refractivity contribution in [3.8, 4) is 0 Å². The van der Waals surface area contributed by atoms with Gasteiger partial charge in [0.15, 0.2) is 0 Å². The lowest BCUT2D eigenvalue weighted by Crippen LogP contribution is -2.31. The van der Waals surface area contributed by atoms with Crippen molar-refractivity contribution in [3.63, 3.8) is 0 Å². The molecule has 1 aliphatic carbocycles. The number of hydrogen-bond acceptors (Lipinski definition) is 2. The molecule has 1 saturated carbocycles. The van der Waals surface area contributed by atoms with E-state index < -0.39 is 11.6 Å². The minimum absolute atomic E-state index is 0. The van der Waals surface area contributed by atoms with E-state index in [2.05, 4.69) is 10.6 Å². The fourth-order valence-corrected chi connectivity index (χ4v) is 2.07. The topological polar surface area (TPSA) is 41.1 Å². The molecule has 2 N–H and O–H groups in total. The van der Waals surface area contributed by atoms with E-state index in [0.29, 0.717) is 25.1 Å². The first-order chi connectivity index (χ1) is 8.63. The fourth-order valence-electron chi connectivity index (χ4n) is 2.07. The highest BCUT2D eigenvalue weighted by atomic mass is 35.5. The predicted octanol–water partition coefficient (Wildman–Crippen LogP) is 1.83. The van der Waals surface area contributed by atoms with E-state index in [1.807, 2.05) is 0 Å². The van der Waals surface area contributed by atoms with Crippen molar-refractivity contribution in [2.75, 3.05) is 20.1 Å². The van der Waals surface area contributed by atoms with Gasteiger partial charge in [0.1, 0.15) is 11.6 Å². The van der Waals surface area contributed by atoms with Crippen LogP contribution in [0, 0.1) is 17.6 Å². The van der Waals surface area contributed by atoms with Crippen LogP contribution in [0.4, 0.5) is 8.78 Å². The fraction of sp³-hybridized carbons (Fsp3) is 0.462. The monoisotopic (exact) mass is 290 g/mol. The molecule has 1 amide bonds. The highest BCUT2D eigenvalue weighted by Crippen LogP contribution is 2.48. The zero-order valence-corrected chi connectivity index (χ0v) is 11.4. The van der Waals surface area contributed by atoms with Crippen LogP contribution >= 0.6 is 12.4 Å².